The van der Waals surface area contributed by atoms with Crippen molar-refractivity contribution in [1.29, 1.82) is 0 Å². The highest BCUT2D eigenvalue weighted by Gasteiger charge is 2.18. The number of ether oxygens (including phenoxy) is 1. The zero-order chi connectivity index (χ0) is 12.8. The van der Waals surface area contributed by atoms with Crippen molar-refractivity contribution >= 4 is 15.9 Å². The molecule has 0 spiro atoms. The Morgan fingerprint density at radius 2 is 2.06 bits per heavy atom. The van der Waals surface area contributed by atoms with Gasteiger partial charge in [-0.1, -0.05) is 36.2 Å². The van der Waals surface area contributed by atoms with Crippen LogP contribution in [0.1, 0.15) is 45.2 Å². The summed E-state index contributed by atoms with van der Waals surface area (Å²) in [7, 11) is 0. The summed E-state index contributed by atoms with van der Waals surface area (Å²) in [5, 5.41) is 0. The van der Waals surface area contributed by atoms with E-state index in [0.717, 1.165) is 28.6 Å². The van der Waals surface area contributed by atoms with Gasteiger partial charge in [0.25, 0.3) is 0 Å². The predicted molar refractivity (Wildman–Crippen MR) is 76.3 cm³/mol. The largest absolute Gasteiger partial charge is 0.494 e. The van der Waals surface area contributed by atoms with Crippen LogP contribution < -0.4 is 10.5 Å². The number of halogens is 1. The number of nitrogens with two attached hydrogens (primary N) is 1. The van der Waals surface area contributed by atoms with Crippen molar-refractivity contribution in [2.45, 2.75) is 39.7 Å². The van der Waals surface area contributed by atoms with Gasteiger partial charge < -0.3 is 10.5 Å². The molecule has 1 rings (SSSR count). The molecule has 0 heterocycles. The van der Waals surface area contributed by atoms with E-state index in [9.17, 15) is 0 Å². The number of rotatable bonds is 6. The molecule has 0 bridgehead atoms. The maximum atomic E-state index is 6.32. The molecule has 0 radical (unpaired) electrons. The monoisotopic (exact) mass is 299 g/mol. The molecule has 0 aliphatic carbocycles. The highest BCUT2D eigenvalue weighted by Crippen LogP contribution is 2.32. The van der Waals surface area contributed by atoms with E-state index in [2.05, 4.69) is 35.8 Å². The first-order chi connectivity index (χ1) is 8.10. The van der Waals surface area contributed by atoms with Crippen molar-refractivity contribution in [2.75, 3.05) is 6.61 Å². The molecule has 0 aromatic heterocycles. The lowest BCUT2D eigenvalue weighted by Gasteiger charge is -2.22. The van der Waals surface area contributed by atoms with Crippen molar-refractivity contribution in [3.05, 3.63) is 28.2 Å². The van der Waals surface area contributed by atoms with E-state index >= 15 is 0 Å². The van der Waals surface area contributed by atoms with Crippen LogP contribution in [0.3, 0.4) is 0 Å². The molecular formula is C14H22BrNO. The molecule has 3 heteroatoms. The van der Waals surface area contributed by atoms with E-state index in [1.165, 1.54) is 0 Å². The molecule has 0 amide bonds. The molecule has 0 aliphatic heterocycles. The average molecular weight is 300 g/mol. The fourth-order valence-electron chi connectivity index (χ4n) is 2.01. The van der Waals surface area contributed by atoms with Crippen molar-refractivity contribution in [3.8, 4) is 5.75 Å². The molecule has 17 heavy (non-hydrogen) atoms. The quantitative estimate of drug-likeness (QED) is 0.851. The average Bonchev–Trinajstić information content (AvgIpc) is 2.31. The van der Waals surface area contributed by atoms with Crippen LogP contribution >= 0.6 is 15.9 Å². The SMILES string of the molecule is CCCC(C)C(N)c1cc(Br)ccc1OCC. The summed E-state index contributed by atoms with van der Waals surface area (Å²) in [5.41, 5.74) is 7.42. The summed E-state index contributed by atoms with van der Waals surface area (Å²) in [6.07, 6.45) is 2.30. The van der Waals surface area contributed by atoms with Gasteiger partial charge in [-0.05, 0) is 37.5 Å². The van der Waals surface area contributed by atoms with Crippen LogP contribution in [0.4, 0.5) is 0 Å². The molecule has 1 aromatic carbocycles. The molecule has 0 aliphatic rings. The summed E-state index contributed by atoms with van der Waals surface area (Å²) in [6, 6.07) is 6.09. The Morgan fingerprint density at radius 3 is 2.65 bits per heavy atom. The van der Waals surface area contributed by atoms with E-state index < -0.39 is 0 Å². The standard InChI is InChI=1S/C14H22BrNO/c1-4-6-10(3)14(16)12-9-11(15)7-8-13(12)17-5-2/h7-10,14H,4-6,16H2,1-3H3. The minimum absolute atomic E-state index is 0.0361. The number of hydrogen-bond acceptors (Lipinski definition) is 2. The summed E-state index contributed by atoms with van der Waals surface area (Å²) < 4.78 is 6.69. The summed E-state index contributed by atoms with van der Waals surface area (Å²) in [6.45, 7) is 7.05. The molecule has 2 atom stereocenters. The highest BCUT2D eigenvalue weighted by molar-refractivity contribution is 9.10. The van der Waals surface area contributed by atoms with E-state index in [0.29, 0.717) is 12.5 Å². The normalized spacial score (nSPS) is 14.4. The second kappa shape index (κ2) is 7.02. The first-order valence-corrected chi connectivity index (χ1v) is 7.07. The molecule has 0 saturated heterocycles. The van der Waals surface area contributed by atoms with Gasteiger partial charge in [-0.15, -0.1) is 0 Å². The minimum Gasteiger partial charge on any atom is -0.494 e. The van der Waals surface area contributed by atoms with Crippen LogP contribution in [0.5, 0.6) is 5.75 Å². The van der Waals surface area contributed by atoms with Crippen LogP contribution in [0.25, 0.3) is 0 Å². The second-order valence-electron chi connectivity index (χ2n) is 4.41. The summed E-state index contributed by atoms with van der Waals surface area (Å²) in [4.78, 5) is 0. The first kappa shape index (κ1) is 14.5. The lowest BCUT2D eigenvalue weighted by Crippen LogP contribution is -2.20. The van der Waals surface area contributed by atoms with Crippen LogP contribution in [0.2, 0.25) is 0 Å². The van der Waals surface area contributed by atoms with Crippen molar-refractivity contribution in [1.82, 2.24) is 0 Å². The van der Waals surface area contributed by atoms with E-state index in [-0.39, 0.29) is 6.04 Å². The Morgan fingerprint density at radius 1 is 1.35 bits per heavy atom. The molecular weight excluding hydrogens is 278 g/mol. The third-order valence-electron chi connectivity index (χ3n) is 2.99. The predicted octanol–water partition coefficient (Wildman–Crippen LogP) is 4.28. The molecule has 2 unspecified atom stereocenters. The van der Waals surface area contributed by atoms with E-state index in [1.807, 2.05) is 19.1 Å². The number of benzene rings is 1. The lowest BCUT2D eigenvalue weighted by molar-refractivity contribution is 0.326. The zero-order valence-electron chi connectivity index (χ0n) is 10.9. The van der Waals surface area contributed by atoms with Crippen LogP contribution in [-0.4, -0.2) is 6.61 Å². The van der Waals surface area contributed by atoms with Gasteiger partial charge in [0.2, 0.25) is 0 Å². The Balaban J connectivity index is 2.96. The minimum atomic E-state index is 0.0361. The number of hydrogen-bond donors (Lipinski definition) is 1. The highest BCUT2D eigenvalue weighted by atomic mass is 79.9. The van der Waals surface area contributed by atoms with Gasteiger partial charge >= 0.3 is 0 Å². The summed E-state index contributed by atoms with van der Waals surface area (Å²) >= 11 is 3.49. The molecule has 2 nitrogen and oxygen atoms in total. The smallest absolute Gasteiger partial charge is 0.124 e. The maximum absolute atomic E-state index is 6.32. The van der Waals surface area contributed by atoms with Gasteiger partial charge in [0.1, 0.15) is 5.75 Å². The maximum Gasteiger partial charge on any atom is 0.124 e. The van der Waals surface area contributed by atoms with Gasteiger partial charge in [0, 0.05) is 16.1 Å². The van der Waals surface area contributed by atoms with Gasteiger partial charge in [-0.25, -0.2) is 0 Å². The summed E-state index contributed by atoms with van der Waals surface area (Å²) in [5.74, 6) is 1.37. The van der Waals surface area contributed by atoms with Crippen LogP contribution in [-0.2, 0) is 0 Å². The zero-order valence-corrected chi connectivity index (χ0v) is 12.5. The van der Waals surface area contributed by atoms with Crippen molar-refractivity contribution in [2.24, 2.45) is 11.7 Å². The molecule has 1 aromatic rings. The fraction of sp³-hybridized carbons (Fsp3) is 0.571. The molecule has 2 N–H and O–H groups in total. The third-order valence-corrected chi connectivity index (χ3v) is 3.48. The molecule has 0 saturated carbocycles. The van der Waals surface area contributed by atoms with E-state index in [4.69, 9.17) is 10.5 Å². The Labute approximate surface area is 113 Å². The Hall–Kier alpha value is -0.540. The molecule has 0 fully saturated rings. The third kappa shape index (κ3) is 4.00. The second-order valence-corrected chi connectivity index (χ2v) is 5.32. The Bertz CT molecular complexity index is 354. The van der Waals surface area contributed by atoms with Crippen molar-refractivity contribution < 1.29 is 4.74 Å². The molecule has 96 valence electrons. The van der Waals surface area contributed by atoms with Crippen molar-refractivity contribution in [3.63, 3.8) is 0 Å². The topological polar surface area (TPSA) is 35.2 Å². The fourth-order valence-corrected chi connectivity index (χ4v) is 2.39. The van der Waals surface area contributed by atoms with Gasteiger partial charge in [-0.2, -0.15) is 0 Å². The van der Waals surface area contributed by atoms with Gasteiger partial charge in [-0.3, -0.25) is 0 Å². The van der Waals surface area contributed by atoms with E-state index in [1.54, 1.807) is 0 Å². The lowest BCUT2D eigenvalue weighted by atomic mass is 9.91. The van der Waals surface area contributed by atoms with Crippen LogP contribution in [0, 0.1) is 5.92 Å². The van der Waals surface area contributed by atoms with Crippen LogP contribution in [0.15, 0.2) is 22.7 Å². The van der Waals surface area contributed by atoms with Gasteiger partial charge in [0.05, 0.1) is 6.61 Å². The van der Waals surface area contributed by atoms with Gasteiger partial charge in [0.15, 0.2) is 0 Å². The first-order valence-electron chi connectivity index (χ1n) is 6.27. The Kier molecular flexibility index (Phi) is 6.00.